The number of hydrogen-bond donors (Lipinski definition) is 0. The molecule has 414 valence electrons. The van der Waals surface area contributed by atoms with Crippen LogP contribution in [-0.2, 0) is 18.3 Å². The molecule has 2 aliphatic rings. The summed E-state index contributed by atoms with van der Waals surface area (Å²) in [5.41, 5.74) is 26.2. The molecule has 0 aromatic heterocycles. The molecule has 0 radical (unpaired) electrons. The van der Waals surface area contributed by atoms with E-state index in [1.54, 1.807) is 0 Å². The summed E-state index contributed by atoms with van der Waals surface area (Å²) in [6.07, 6.45) is 14.9. The molecule has 0 spiro atoms. The minimum Gasteiger partial charge on any atom is -0.311 e. The number of benzene rings is 11. The molecule has 0 saturated carbocycles. The molecule has 2 aliphatic carbocycles. The summed E-state index contributed by atoms with van der Waals surface area (Å²) in [6, 6.07) is 101. The van der Waals surface area contributed by atoms with Crippen LogP contribution in [0.3, 0.4) is 0 Å². The van der Waals surface area contributed by atoms with Crippen LogP contribution in [-0.4, -0.2) is 0 Å². The number of hydrogen-bond acceptors (Lipinski definition) is 3. The summed E-state index contributed by atoms with van der Waals surface area (Å²) in [7, 11) is 0. The average Bonchev–Trinajstić information content (AvgIpc) is 2.00. The van der Waals surface area contributed by atoms with Gasteiger partial charge in [0.05, 0.1) is 0 Å². The molecule has 3 nitrogen and oxygen atoms in total. The van der Waals surface area contributed by atoms with E-state index >= 15 is 0 Å². The van der Waals surface area contributed by atoms with Gasteiger partial charge in [0, 0.05) is 56.6 Å². The second kappa shape index (κ2) is 24.7. The zero-order valence-corrected chi connectivity index (χ0v) is 48.8. The molecule has 11 aromatic carbocycles. The molecule has 0 heterocycles. The molecular weight excluding hydrogens is 1010 g/mol. The molecule has 0 amide bonds. The highest BCUT2D eigenvalue weighted by molar-refractivity contribution is 5.88. The Bertz CT molecular complexity index is 3910. The van der Waals surface area contributed by atoms with E-state index in [0.29, 0.717) is 0 Å². The first-order valence-electron chi connectivity index (χ1n) is 31.0. The molecule has 11 aromatic rings. The minimum atomic E-state index is 0.00855. The van der Waals surface area contributed by atoms with Gasteiger partial charge in [-0.1, -0.05) is 229 Å². The fourth-order valence-corrected chi connectivity index (χ4v) is 13.4. The van der Waals surface area contributed by atoms with Crippen LogP contribution in [0.2, 0.25) is 0 Å². The van der Waals surface area contributed by atoms with Crippen molar-refractivity contribution in [1.82, 2.24) is 0 Å². The van der Waals surface area contributed by atoms with Crippen molar-refractivity contribution < 1.29 is 0 Å². The van der Waals surface area contributed by atoms with Gasteiger partial charge in [-0.25, -0.2) is 0 Å². The van der Waals surface area contributed by atoms with E-state index in [-0.39, 0.29) is 5.41 Å². The molecule has 13 rings (SSSR count). The maximum atomic E-state index is 2.57. The molecule has 84 heavy (non-hydrogen) atoms. The van der Waals surface area contributed by atoms with E-state index < -0.39 is 0 Å². The van der Waals surface area contributed by atoms with Gasteiger partial charge in [-0.15, -0.1) is 0 Å². The Labute approximate surface area is 499 Å². The van der Waals surface area contributed by atoms with Gasteiger partial charge in [0.15, 0.2) is 0 Å². The molecule has 0 fully saturated rings. The molecule has 0 unspecified atom stereocenters. The smallest absolute Gasteiger partial charge is 0.0467 e. The van der Waals surface area contributed by atoms with Crippen LogP contribution in [0.4, 0.5) is 51.2 Å². The van der Waals surface area contributed by atoms with Crippen LogP contribution in [0.5, 0.6) is 0 Å². The second-order valence-corrected chi connectivity index (χ2v) is 23.2. The standard InChI is InChI=1S/C81H75N3/c1-3-5-7-20-55-81(56-21-8-6-4-2)79-32-19-18-31-77(79)78-54-53-76(59-80(78)81)83(70-28-16-11-17-29-70)72-47-39-61(40-48-72)63-43-51-74(52-44-63)84(75-30-22-23-65(58-75)67-36-34-64-33-35-66(64)57-67)73-49-41-62(42-50-73)60-37-45-71(46-38-60)82(68-24-12-9-13-25-68)69-26-14-10-15-27-69/h9-19,22-32,34,36-54,57-59H,3-8,20-21,33,35,55-56H2,1-2H3. The predicted octanol–water partition coefficient (Wildman–Crippen LogP) is 23.4. The molecule has 3 heteroatoms. The first-order chi connectivity index (χ1) is 41.5. The Kier molecular flexibility index (Phi) is 15.9. The Balaban J connectivity index is 0.813. The number of anilines is 9. The van der Waals surface area contributed by atoms with Crippen molar-refractivity contribution in [1.29, 1.82) is 0 Å². The van der Waals surface area contributed by atoms with Gasteiger partial charge in [-0.3, -0.25) is 0 Å². The predicted molar refractivity (Wildman–Crippen MR) is 358 cm³/mol. The zero-order chi connectivity index (χ0) is 56.7. The lowest BCUT2D eigenvalue weighted by Crippen LogP contribution is -2.26. The minimum absolute atomic E-state index is 0.00855. The lowest BCUT2D eigenvalue weighted by atomic mass is 9.70. The van der Waals surface area contributed by atoms with Gasteiger partial charge in [0.2, 0.25) is 0 Å². The number of unbranched alkanes of at least 4 members (excludes halogenated alkanes) is 6. The van der Waals surface area contributed by atoms with Gasteiger partial charge in [0.25, 0.3) is 0 Å². The lowest BCUT2D eigenvalue weighted by Gasteiger charge is -2.34. The van der Waals surface area contributed by atoms with E-state index in [4.69, 9.17) is 0 Å². The SMILES string of the molecule is CCCCCCC1(CCCCCC)c2ccccc2-c2ccc(N(c3ccccc3)c3ccc(-c4ccc(N(c5ccc(-c6ccc(N(c7ccccc7)c7ccccc7)cc6)cc5)c5cccc(-c6ccc7c(c6)CC7)c5)cc4)cc3)cc21. The van der Waals surface area contributed by atoms with E-state index in [1.165, 1.54) is 143 Å². The first kappa shape index (κ1) is 54.1. The van der Waals surface area contributed by atoms with Crippen LogP contribution in [0.1, 0.15) is 100 Å². The number of para-hydroxylation sites is 3. The molecule has 0 saturated heterocycles. The Morgan fingerprint density at radius 1 is 0.262 bits per heavy atom. The van der Waals surface area contributed by atoms with Gasteiger partial charge in [-0.2, -0.15) is 0 Å². The van der Waals surface area contributed by atoms with Gasteiger partial charge < -0.3 is 14.7 Å². The highest BCUT2D eigenvalue weighted by atomic mass is 15.2. The molecule has 0 aliphatic heterocycles. The Morgan fingerprint density at radius 3 is 1.08 bits per heavy atom. The van der Waals surface area contributed by atoms with E-state index in [9.17, 15) is 0 Å². The monoisotopic (exact) mass is 1090 g/mol. The van der Waals surface area contributed by atoms with Gasteiger partial charge in [-0.05, 0) is 202 Å². The summed E-state index contributed by atoms with van der Waals surface area (Å²) in [5.74, 6) is 0. The van der Waals surface area contributed by atoms with Gasteiger partial charge in [0.1, 0.15) is 0 Å². The number of rotatable bonds is 22. The third-order valence-corrected chi connectivity index (χ3v) is 17.9. The molecular formula is C81H75N3. The van der Waals surface area contributed by atoms with Crippen molar-refractivity contribution in [3.63, 3.8) is 0 Å². The van der Waals surface area contributed by atoms with Crippen LogP contribution in [0.15, 0.2) is 273 Å². The maximum Gasteiger partial charge on any atom is 0.0467 e. The first-order valence-corrected chi connectivity index (χ1v) is 31.0. The fraction of sp³-hybridized carbons (Fsp3) is 0.185. The normalized spacial score (nSPS) is 12.6. The number of nitrogens with zero attached hydrogens (tertiary/aromatic N) is 3. The lowest BCUT2D eigenvalue weighted by molar-refractivity contribution is 0.401. The van der Waals surface area contributed by atoms with Crippen molar-refractivity contribution >= 4 is 51.2 Å². The van der Waals surface area contributed by atoms with Gasteiger partial charge >= 0.3 is 0 Å². The summed E-state index contributed by atoms with van der Waals surface area (Å²) < 4.78 is 0. The van der Waals surface area contributed by atoms with Crippen molar-refractivity contribution in [2.75, 3.05) is 14.7 Å². The van der Waals surface area contributed by atoms with Crippen molar-refractivity contribution in [2.45, 2.75) is 96.3 Å². The summed E-state index contributed by atoms with van der Waals surface area (Å²) in [6.45, 7) is 4.65. The highest BCUT2D eigenvalue weighted by Gasteiger charge is 2.42. The third kappa shape index (κ3) is 11.0. The van der Waals surface area contributed by atoms with E-state index in [2.05, 4.69) is 302 Å². The van der Waals surface area contributed by atoms with Crippen LogP contribution >= 0.6 is 0 Å². The molecule has 0 atom stereocenters. The second-order valence-electron chi connectivity index (χ2n) is 23.2. The third-order valence-electron chi connectivity index (χ3n) is 17.9. The Morgan fingerprint density at radius 2 is 0.631 bits per heavy atom. The van der Waals surface area contributed by atoms with Crippen LogP contribution in [0.25, 0.3) is 44.5 Å². The largest absolute Gasteiger partial charge is 0.311 e. The van der Waals surface area contributed by atoms with Crippen molar-refractivity contribution in [3.8, 4) is 44.5 Å². The average molecular weight is 1090 g/mol. The zero-order valence-electron chi connectivity index (χ0n) is 48.8. The summed E-state index contributed by atoms with van der Waals surface area (Å²) in [5, 5.41) is 0. The van der Waals surface area contributed by atoms with Crippen molar-refractivity contribution in [3.05, 3.63) is 295 Å². The molecule has 0 N–H and O–H groups in total. The highest BCUT2D eigenvalue weighted by Crippen LogP contribution is 2.56. The summed E-state index contributed by atoms with van der Waals surface area (Å²) >= 11 is 0. The quantitative estimate of drug-likeness (QED) is 0.0626. The number of fused-ring (bicyclic) bond motifs is 4. The topological polar surface area (TPSA) is 9.72 Å². The van der Waals surface area contributed by atoms with Crippen LogP contribution < -0.4 is 14.7 Å². The van der Waals surface area contributed by atoms with E-state index in [0.717, 1.165) is 51.9 Å². The Hall–Kier alpha value is -9.18. The number of aryl methyl sites for hydroxylation is 2. The molecule has 0 bridgehead atoms. The fourth-order valence-electron chi connectivity index (χ4n) is 13.4. The summed E-state index contributed by atoms with van der Waals surface area (Å²) in [4.78, 5) is 7.18. The maximum absolute atomic E-state index is 2.57. The van der Waals surface area contributed by atoms with E-state index in [1.807, 2.05) is 0 Å². The van der Waals surface area contributed by atoms with Crippen molar-refractivity contribution in [2.24, 2.45) is 0 Å². The van der Waals surface area contributed by atoms with Crippen LogP contribution in [0, 0.1) is 0 Å².